The van der Waals surface area contributed by atoms with Crippen LogP contribution in [0.1, 0.15) is 19.4 Å². The second-order valence-corrected chi connectivity index (χ2v) is 4.50. The smallest absolute Gasteiger partial charge is 0.101 e. The van der Waals surface area contributed by atoms with E-state index < -0.39 is 0 Å². The highest BCUT2D eigenvalue weighted by molar-refractivity contribution is 5.59. The number of para-hydroxylation sites is 1. The predicted octanol–water partition coefficient (Wildman–Crippen LogP) is 1.74. The van der Waals surface area contributed by atoms with Crippen molar-refractivity contribution >= 4 is 5.69 Å². The molecule has 1 aliphatic rings. The van der Waals surface area contributed by atoms with E-state index >= 15 is 0 Å². The Morgan fingerprint density at radius 3 is 2.50 bits per heavy atom. The minimum absolute atomic E-state index is 0.468. The third kappa shape index (κ3) is 2.17. The van der Waals surface area contributed by atoms with Gasteiger partial charge in [-0.25, -0.2) is 0 Å². The van der Waals surface area contributed by atoms with E-state index in [1.165, 1.54) is 0 Å². The number of benzene rings is 1. The molecular formula is C13H17N3. The molecule has 1 saturated heterocycles. The van der Waals surface area contributed by atoms with Gasteiger partial charge in [-0.1, -0.05) is 12.1 Å². The van der Waals surface area contributed by atoms with Crippen molar-refractivity contribution < 1.29 is 0 Å². The quantitative estimate of drug-likeness (QED) is 0.775. The van der Waals surface area contributed by atoms with E-state index in [1.807, 2.05) is 24.3 Å². The fourth-order valence-electron chi connectivity index (χ4n) is 2.37. The maximum atomic E-state index is 9.09. The van der Waals surface area contributed by atoms with Crippen molar-refractivity contribution in [3.05, 3.63) is 29.8 Å². The van der Waals surface area contributed by atoms with Crippen molar-refractivity contribution in [3.63, 3.8) is 0 Å². The molecule has 1 aliphatic heterocycles. The van der Waals surface area contributed by atoms with Gasteiger partial charge in [-0.05, 0) is 26.0 Å². The molecule has 1 heterocycles. The summed E-state index contributed by atoms with van der Waals surface area (Å²) in [6.07, 6.45) is 0. The van der Waals surface area contributed by atoms with Crippen molar-refractivity contribution in [2.75, 3.05) is 18.0 Å². The fourth-order valence-corrected chi connectivity index (χ4v) is 2.37. The minimum Gasteiger partial charge on any atom is -0.367 e. The number of piperazine rings is 1. The molecule has 3 heteroatoms. The van der Waals surface area contributed by atoms with Crippen LogP contribution in [0.5, 0.6) is 0 Å². The van der Waals surface area contributed by atoms with Crippen LogP contribution in [-0.2, 0) is 0 Å². The minimum atomic E-state index is 0.468. The molecule has 0 aromatic heterocycles. The third-order valence-corrected chi connectivity index (χ3v) is 2.92. The standard InChI is InChI=1S/C13H17N3/c1-10-8-16(9-11(2)15-10)13-6-4-3-5-12(13)7-14/h3-6,10-11,15H,8-9H2,1-2H3. The first-order valence-corrected chi connectivity index (χ1v) is 5.71. The molecule has 0 spiro atoms. The molecule has 0 amide bonds. The van der Waals surface area contributed by atoms with E-state index in [0.29, 0.717) is 12.1 Å². The van der Waals surface area contributed by atoms with E-state index in [9.17, 15) is 0 Å². The Morgan fingerprint density at radius 2 is 1.88 bits per heavy atom. The highest BCUT2D eigenvalue weighted by Gasteiger charge is 2.22. The topological polar surface area (TPSA) is 39.1 Å². The summed E-state index contributed by atoms with van der Waals surface area (Å²) in [4.78, 5) is 2.30. The van der Waals surface area contributed by atoms with Crippen LogP contribution in [0.25, 0.3) is 0 Å². The number of nitrogens with one attached hydrogen (secondary N) is 1. The van der Waals surface area contributed by atoms with Crippen LogP contribution in [0.2, 0.25) is 0 Å². The van der Waals surface area contributed by atoms with Gasteiger partial charge in [0, 0.05) is 25.2 Å². The number of anilines is 1. The van der Waals surface area contributed by atoms with Crippen LogP contribution < -0.4 is 10.2 Å². The summed E-state index contributed by atoms with van der Waals surface area (Å²) in [5, 5.41) is 12.6. The van der Waals surface area contributed by atoms with Gasteiger partial charge in [0.2, 0.25) is 0 Å². The van der Waals surface area contributed by atoms with Gasteiger partial charge in [0.25, 0.3) is 0 Å². The zero-order valence-corrected chi connectivity index (χ0v) is 9.77. The zero-order valence-electron chi connectivity index (χ0n) is 9.77. The molecule has 1 fully saturated rings. The molecule has 16 heavy (non-hydrogen) atoms. The molecule has 2 rings (SSSR count). The molecule has 0 bridgehead atoms. The van der Waals surface area contributed by atoms with E-state index in [4.69, 9.17) is 5.26 Å². The number of hydrogen-bond donors (Lipinski definition) is 1. The Bertz CT molecular complexity index is 398. The highest BCUT2D eigenvalue weighted by Crippen LogP contribution is 2.21. The summed E-state index contributed by atoms with van der Waals surface area (Å²) >= 11 is 0. The number of nitrogens with zero attached hydrogens (tertiary/aromatic N) is 2. The molecule has 0 aliphatic carbocycles. The Balaban J connectivity index is 2.26. The number of nitriles is 1. The van der Waals surface area contributed by atoms with Crippen LogP contribution >= 0.6 is 0 Å². The Morgan fingerprint density at radius 1 is 1.25 bits per heavy atom. The van der Waals surface area contributed by atoms with Gasteiger partial charge in [0.1, 0.15) is 6.07 Å². The maximum Gasteiger partial charge on any atom is 0.101 e. The van der Waals surface area contributed by atoms with Crippen LogP contribution in [0.15, 0.2) is 24.3 Å². The van der Waals surface area contributed by atoms with Gasteiger partial charge in [-0.2, -0.15) is 5.26 Å². The first-order chi connectivity index (χ1) is 7.70. The van der Waals surface area contributed by atoms with Crippen molar-refractivity contribution in [2.45, 2.75) is 25.9 Å². The lowest BCUT2D eigenvalue weighted by molar-refractivity contribution is 0.407. The first kappa shape index (κ1) is 11.0. The summed E-state index contributed by atoms with van der Waals surface area (Å²) in [5.41, 5.74) is 1.83. The summed E-state index contributed by atoms with van der Waals surface area (Å²) in [6, 6.07) is 11.0. The Hall–Kier alpha value is -1.53. The summed E-state index contributed by atoms with van der Waals surface area (Å²) in [7, 11) is 0. The molecule has 2 unspecified atom stereocenters. The predicted molar refractivity (Wildman–Crippen MR) is 65.4 cm³/mol. The number of hydrogen-bond acceptors (Lipinski definition) is 3. The second-order valence-electron chi connectivity index (χ2n) is 4.50. The molecule has 0 saturated carbocycles. The van der Waals surface area contributed by atoms with Crippen LogP contribution in [-0.4, -0.2) is 25.2 Å². The van der Waals surface area contributed by atoms with Gasteiger partial charge < -0.3 is 10.2 Å². The normalized spacial score (nSPS) is 25.2. The van der Waals surface area contributed by atoms with Gasteiger partial charge in [0.05, 0.1) is 11.3 Å². The SMILES string of the molecule is CC1CN(c2ccccc2C#N)CC(C)N1. The lowest BCUT2D eigenvalue weighted by Crippen LogP contribution is -2.54. The maximum absolute atomic E-state index is 9.09. The van der Waals surface area contributed by atoms with Gasteiger partial charge >= 0.3 is 0 Å². The molecular weight excluding hydrogens is 198 g/mol. The largest absolute Gasteiger partial charge is 0.367 e. The average molecular weight is 215 g/mol. The monoisotopic (exact) mass is 215 g/mol. The molecule has 0 radical (unpaired) electrons. The van der Waals surface area contributed by atoms with Gasteiger partial charge in [-0.15, -0.1) is 0 Å². The highest BCUT2D eigenvalue weighted by atomic mass is 15.2. The summed E-state index contributed by atoms with van der Waals surface area (Å²) in [5.74, 6) is 0. The first-order valence-electron chi connectivity index (χ1n) is 5.71. The Kier molecular flexibility index (Phi) is 3.12. The zero-order chi connectivity index (χ0) is 11.5. The lowest BCUT2D eigenvalue weighted by Gasteiger charge is -2.38. The van der Waals surface area contributed by atoms with Crippen LogP contribution in [0.4, 0.5) is 5.69 Å². The summed E-state index contributed by atoms with van der Waals surface area (Å²) in [6.45, 7) is 6.28. The molecule has 3 nitrogen and oxygen atoms in total. The van der Waals surface area contributed by atoms with E-state index in [-0.39, 0.29) is 0 Å². The molecule has 2 atom stereocenters. The second kappa shape index (κ2) is 4.54. The summed E-state index contributed by atoms with van der Waals surface area (Å²) < 4.78 is 0. The van der Waals surface area contributed by atoms with E-state index in [2.05, 4.69) is 30.1 Å². The van der Waals surface area contributed by atoms with Crippen molar-refractivity contribution in [1.29, 1.82) is 5.26 Å². The van der Waals surface area contributed by atoms with Gasteiger partial charge in [0.15, 0.2) is 0 Å². The van der Waals surface area contributed by atoms with E-state index in [1.54, 1.807) is 0 Å². The third-order valence-electron chi connectivity index (χ3n) is 2.92. The van der Waals surface area contributed by atoms with E-state index in [0.717, 1.165) is 24.3 Å². The molecule has 1 aromatic carbocycles. The molecule has 1 N–H and O–H groups in total. The van der Waals surface area contributed by atoms with Crippen molar-refractivity contribution in [3.8, 4) is 6.07 Å². The Labute approximate surface area is 96.7 Å². The molecule has 84 valence electrons. The van der Waals surface area contributed by atoms with Crippen molar-refractivity contribution in [1.82, 2.24) is 5.32 Å². The fraction of sp³-hybridized carbons (Fsp3) is 0.462. The van der Waals surface area contributed by atoms with Crippen molar-refractivity contribution in [2.24, 2.45) is 0 Å². The van der Waals surface area contributed by atoms with Crippen LogP contribution in [0, 0.1) is 11.3 Å². The number of rotatable bonds is 1. The van der Waals surface area contributed by atoms with Crippen LogP contribution in [0.3, 0.4) is 0 Å². The van der Waals surface area contributed by atoms with Gasteiger partial charge in [-0.3, -0.25) is 0 Å². The molecule has 1 aromatic rings. The lowest BCUT2D eigenvalue weighted by atomic mass is 10.1. The average Bonchev–Trinajstić information content (AvgIpc) is 2.27.